The highest BCUT2D eigenvalue weighted by atomic mass is 35.5. The standard InChI is InChI=1S/C22H20Cl2FN3O4/c1-2-32-20(30)14-8-22(9-14)21(31)27(19-17(25)7-16(24)10-26-19)12-18(29)28(22)11-13-3-5-15(23)6-4-13/h3-7,10,14H,2,8-9,11-12H2,1H3/t14-,22-. The fourth-order valence-corrected chi connectivity index (χ4v) is 4.53. The Morgan fingerprint density at radius 1 is 1.22 bits per heavy atom. The number of aromatic nitrogens is 1. The number of carbonyl (C=O) groups excluding carboxylic acids is 3. The van der Waals surface area contributed by atoms with Crippen LogP contribution in [0.4, 0.5) is 10.2 Å². The number of nitrogens with zero attached hydrogens (tertiary/aromatic N) is 3. The average molecular weight is 480 g/mol. The highest BCUT2D eigenvalue weighted by molar-refractivity contribution is 6.30. The van der Waals surface area contributed by atoms with Crippen molar-refractivity contribution in [3.8, 4) is 0 Å². The summed E-state index contributed by atoms with van der Waals surface area (Å²) < 4.78 is 19.6. The molecule has 32 heavy (non-hydrogen) atoms. The third kappa shape index (κ3) is 3.93. The largest absolute Gasteiger partial charge is 0.466 e. The molecule has 2 amide bonds. The summed E-state index contributed by atoms with van der Waals surface area (Å²) in [4.78, 5) is 45.5. The molecule has 168 valence electrons. The summed E-state index contributed by atoms with van der Waals surface area (Å²) in [5.41, 5.74) is -0.515. The van der Waals surface area contributed by atoms with Crippen LogP contribution in [0.2, 0.25) is 10.0 Å². The molecule has 2 fully saturated rings. The zero-order chi connectivity index (χ0) is 23.0. The molecule has 10 heteroatoms. The van der Waals surface area contributed by atoms with Crippen molar-refractivity contribution in [2.45, 2.75) is 31.8 Å². The van der Waals surface area contributed by atoms with Crippen molar-refractivity contribution >= 4 is 46.8 Å². The Kier molecular flexibility index (Phi) is 6.09. The normalized spacial score (nSPS) is 22.8. The van der Waals surface area contributed by atoms with Crippen molar-refractivity contribution in [3.63, 3.8) is 0 Å². The van der Waals surface area contributed by atoms with Crippen molar-refractivity contribution in [1.82, 2.24) is 9.88 Å². The molecule has 1 saturated carbocycles. The van der Waals surface area contributed by atoms with Gasteiger partial charge >= 0.3 is 5.97 Å². The first kappa shape index (κ1) is 22.5. The zero-order valence-corrected chi connectivity index (χ0v) is 18.7. The van der Waals surface area contributed by atoms with Crippen LogP contribution in [-0.2, 0) is 25.7 Å². The predicted molar refractivity (Wildman–Crippen MR) is 116 cm³/mol. The van der Waals surface area contributed by atoms with Gasteiger partial charge in [-0.05, 0) is 43.5 Å². The van der Waals surface area contributed by atoms with Gasteiger partial charge in [0.1, 0.15) is 12.1 Å². The van der Waals surface area contributed by atoms with Gasteiger partial charge < -0.3 is 9.64 Å². The number of pyridine rings is 1. The molecule has 2 aromatic rings. The highest BCUT2D eigenvalue weighted by Gasteiger charge is 2.62. The van der Waals surface area contributed by atoms with Crippen molar-refractivity contribution in [2.75, 3.05) is 18.1 Å². The van der Waals surface area contributed by atoms with Gasteiger partial charge in [-0.3, -0.25) is 19.3 Å². The number of anilines is 1. The van der Waals surface area contributed by atoms with Gasteiger partial charge in [0, 0.05) is 17.8 Å². The topological polar surface area (TPSA) is 79.8 Å². The van der Waals surface area contributed by atoms with Crippen LogP contribution in [0, 0.1) is 11.7 Å². The van der Waals surface area contributed by atoms with Gasteiger partial charge in [0.05, 0.1) is 17.5 Å². The zero-order valence-electron chi connectivity index (χ0n) is 17.2. The molecule has 1 spiro atoms. The Balaban J connectivity index is 1.68. The fraction of sp³-hybridized carbons (Fsp3) is 0.364. The van der Waals surface area contributed by atoms with E-state index < -0.39 is 29.2 Å². The molecule has 2 heterocycles. The molecule has 1 aliphatic carbocycles. The molecule has 1 saturated heterocycles. The maximum Gasteiger partial charge on any atom is 0.309 e. The number of rotatable bonds is 5. The molecule has 7 nitrogen and oxygen atoms in total. The Labute approximate surface area is 194 Å². The molecule has 4 rings (SSSR count). The Morgan fingerprint density at radius 3 is 2.53 bits per heavy atom. The fourth-order valence-electron chi connectivity index (χ4n) is 4.26. The van der Waals surface area contributed by atoms with Crippen molar-refractivity contribution in [3.05, 3.63) is 58.0 Å². The lowest BCUT2D eigenvalue weighted by Gasteiger charge is -2.56. The molecule has 1 aromatic heterocycles. The van der Waals surface area contributed by atoms with Crippen LogP contribution in [0.3, 0.4) is 0 Å². The van der Waals surface area contributed by atoms with E-state index in [4.69, 9.17) is 27.9 Å². The number of hydrogen-bond donors (Lipinski definition) is 0. The van der Waals surface area contributed by atoms with Crippen molar-refractivity contribution < 1.29 is 23.5 Å². The SMILES string of the molecule is CCOC(=O)[C@H]1C[C@]2(C1)C(=O)N(c1ncc(Cl)cc1F)CC(=O)N2Cc1ccc(Cl)cc1. The third-order valence-electron chi connectivity index (χ3n) is 5.84. The third-order valence-corrected chi connectivity index (χ3v) is 6.30. The second-order valence-corrected chi connectivity index (χ2v) is 8.72. The number of amides is 2. The monoisotopic (exact) mass is 479 g/mol. The molecular formula is C22H20Cl2FN3O4. The van der Waals surface area contributed by atoms with Crippen molar-refractivity contribution in [1.29, 1.82) is 0 Å². The summed E-state index contributed by atoms with van der Waals surface area (Å²) in [6.45, 7) is 1.70. The summed E-state index contributed by atoms with van der Waals surface area (Å²) in [6, 6.07) is 7.96. The first-order valence-electron chi connectivity index (χ1n) is 10.1. The van der Waals surface area contributed by atoms with Crippen LogP contribution >= 0.6 is 23.2 Å². The molecule has 1 aliphatic heterocycles. The molecule has 0 radical (unpaired) electrons. The maximum absolute atomic E-state index is 14.5. The number of ether oxygens (including phenoxy) is 1. The Hall–Kier alpha value is -2.71. The van der Waals surface area contributed by atoms with E-state index >= 15 is 0 Å². The molecule has 0 unspecified atom stereocenters. The van der Waals surface area contributed by atoms with Crippen LogP contribution in [0.5, 0.6) is 0 Å². The van der Waals surface area contributed by atoms with Crippen LogP contribution in [0.25, 0.3) is 0 Å². The maximum atomic E-state index is 14.5. The summed E-state index contributed by atoms with van der Waals surface area (Å²) >= 11 is 11.7. The summed E-state index contributed by atoms with van der Waals surface area (Å²) in [6.07, 6.45) is 1.40. The Morgan fingerprint density at radius 2 is 1.91 bits per heavy atom. The average Bonchev–Trinajstić information content (AvgIpc) is 2.71. The van der Waals surface area contributed by atoms with E-state index in [1.165, 1.54) is 11.1 Å². The van der Waals surface area contributed by atoms with Crippen LogP contribution in [0.1, 0.15) is 25.3 Å². The summed E-state index contributed by atoms with van der Waals surface area (Å²) in [5, 5.41) is 0.623. The van der Waals surface area contributed by atoms with E-state index in [0.717, 1.165) is 16.5 Å². The number of halogens is 3. The first-order chi connectivity index (χ1) is 15.2. The number of esters is 1. The smallest absolute Gasteiger partial charge is 0.309 e. The second-order valence-electron chi connectivity index (χ2n) is 7.85. The number of carbonyl (C=O) groups is 3. The van der Waals surface area contributed by atoms with E-state index in [9.17, 15) is 18.8 Å². The lowest BCUT2D eigenvalue weighted by Crippen LogP contribution is -2.73. The van der Waals surface area contributed by atoms with E-state index in [2.05, 4.69) is 4.98 Å². The minimum Gasteiger partial charge on any atom is -0.466 e. The van der Waals surface area contributed by atoms with Gasteiger partial charge in [-0.2, -0.15) is 0 Å². The van der Waals surface area contributed by atoms with Gasteiger partial charge in [0.25, 0.3) is 5.91 Å². The molecule has 0 atom stereocenters. The van der Waals surface area contributed by atoms with Gasteiger partial charge in [-0.15, -0.1) is 0 Å². The molecule has 2 aliphatic rings. The molecule has 0 bridgehead atoms. The highest BCUT2D eigenvalue weighted by Crippen LogP contribution is 2.47. The minimum absolute atomic E-state index is 0.0760. The molecular weight excluding hydrogens is 460 g/mol. The predicted octanol–water partition coefficient (Wildman–Crippen LogP) is 3.61. The van der Waals surface area contributed by atoms with E-state index in [1.807, 2.05) is 0 Å². The van der Waals surface area contributed by atoms with Crippen LogP contribution < -0.4 is 4.90 Å². The van der Waals surface area contributed by atoms with E-state index in [1.54, 1.807) is 31.2 Å². The minimum atomic E-state index is -1.29. The first-order valence-corrected chi connectivity index (χ1v) is 10.9. The van der Waals surface area contributed by atoms with Gasteiger partial charge in [-0.25, -0.2) is 9.37 Å². The number of benzene rings is 1. The van der Waals surface area contributed by atoms with Crippen LogP contribution in [-0.4, -0.2) is 46.4 Å². The van der Waals surface area contributed by atoms with E-state index in [-0.39, 0.29) is 49.3 Å². The quantitative estimate of drug-likeness (QED) is 0.611. The summed E-state index contributed by atoms with van der Waals surface area (Å²) in [7, 11) is 0. The Bertz CT molecular complexity index is 1070. The van der Waals surface area contributed by atoms with Gasteiger partial charge in [0.2, 0.25) is 5.91 Å². The van der Waals surface area contributed by atoms with Crippen LogP contribution in [0.15, 0.2) is 36.5 Å². The molecule has 1 aromatic carbocycles. The summed E-state index contributed by atoms with van der Waals surface area (Å²) in [5.74, 6) is -2.88. The number of hydrogen-bond acceptors (Lipinski definition) is 5. The second kappa shape index (κ2) is 8.67. The number of piperazine rings is 1. The lowest BCUT2D eigenvalue weighted by atomic mass is 9.65. The van der Waals surface area contributed by atoms with Gasteiger partial charge in [-0.1, -0.05) is 35.3 Å². The van der Waals surface area contributed by atoms with Gasteiger partial charge in [0.15, 0.2) is 11.6 Å². The van der Waals surface area contributed by atoms with E-state index in [0.29, 0.717) is 5.02 Å². The molecule has 0 N–H and O–H groups in total. The van der Waals surface area contributed by atoms with Crippen molar-refractivity contribution in [2.24, 2.45) is 5.92 Å². The lowest BCUT2D eigenvalue weighted by molar-refractivity contribution is -0.172.